The van der Waals surface area contributed by atoms with Gasteiger partial charge < -0.3 is 5.32 Å². The smallest absolute Gasteiger partial charge is 0.248 e. The van der Waals surface area contributed by atoms with E-state index in [0.717, 1.165) is 5.56 Å². The molecule has 0 spiro atoms. The van der Waals surface area contributed by atoms with Gasteiger partial charge in [-0.05, 0) is 49.9 Å². The van der Waals surface area contributed by atoms with Crippen molar-refractivity contribution in [3.05, 3.63) is 35.1 Å². The van der Waals surface area contributed by atoms with Crippen LogP contribution in [0, 0.1) is 18.7 Å². The Morgan fingerprint density at radius 1 is 1.26 bits per heavy atom. The summed E-state index contributed by atoms with van der Waals surface area (Å²) in [6, 6.07) is 5.03. The summed E-state index contributed by atoms with van der Waals surface area (Å²) in [6.45, 7) is 1.72. The Morgan fingerprint density at radius 2 is 1.89 bits per heavy atom. The Bertz CT molecular complexity index is 435. The summed E-state index contributed by atoms with van der Waals surface area (Å²) in [5.74, 6) is -2.55. The van der Waals surface area contributed by atoms with Gasteiger partial charge in [0.15, 0.2) is 0 Å². The molecular formula is C15H20F3N. The molecule has 1 atom stereocenters. The highest BCUT2D eigenvalue weighted by Gasteiger charge is 2.37. The number of alkyl halides is 2. The highest BCUT2D eigenvalue weighted by Crippen LogP contribution is 2.41. The number of aryl methyl sites for hydroxylation is 1. The standard InChI is InChI=1S/C15H20F3N/c1-10-9-12(3-4-13(10)16)14(19-2)11-5-7-15(17,18)8-6-11/h3-4,9,11,14,19H,5-8H2,1-2H3. The first-order valence-corrected chi connectivity index (χ1v) is 6.74. The van der Waals surface area contributed by atoms with Gasteiger partial charge >= 0.3 is 0 Å². The molecule has 1 N–H and O–H groups in total. The van der Waals surface area contributed by atoms with E-state index < -0.39 is 5.92 Å². The van der Waals surface area contributed by atoms with Gasteiger partial charge in [-0.3, -0.25) is 0 Å². The van der Waals surface area contributed by atoms with Crippen LogP contribution in [0.25, 0.3) is 0 Å². The number of benzene rings is 1. The summed E-state index contributed by atoms with van der Waals surface area (Å²) in [6.07, 6.45) is 0.926. The zero-order valence-corrected chi connectivity index (χ0v) is 11.3. The van der Waals surface area contributed by atoms with Crippen molar-refractivity contribution >= 4 is 0 Å². The molecule has 0 amide bonds. The molecule has 1 nitrogen and oxygen atoms in total. The third-order valence-corrected chi connectivity index (χ3v) is 4.09. The van der Waals surface area contributed by atoms with Crippen LogP contribution in [0.4, 0.5) is 13.2 Å². The van der Waals surface area contributed by atoms with Crippen LogP contribution in [-0.4, -0.2) is 13.0 Å². The summed E-state index contributed by atoms with van der Waals surface area (Å²) in [5.41, 5.74) is 1.58. The molecule has 0 bridgehead atoms. The van der Waals surface area contributed by atoms with Gasteiger partial charge in [-0.2, -0.15) is 0 Å². The Kier molecular flexibility index (Phi) is 4.19. The molecule has 106 valence electrons. The molecule has 19 heavy (non-hydrogen) atoms. The van der Waals surface area contributed by atoms with Crippen molar-refractivity contribution in [2.45, 2.75) is 44.6 Å². The van der Waals surface area contributed by atoms with Crippen LogP contribution in [0.15, 0.2) is 18.2 Å². The van der Waals surface area contributed by atoms with E-state index in [1.165, 1.54) is 6.07 Å². The van der Waals surface area contributed by atoms with Crippen molar-refractivity contribution in [2.75, 3.05) is 7.05 Å². The average molecular weight is 271 g/mol. The molecule has 1 aromatic rings. The van der Waals surface area contributed by atoms with Crippen LogP contribution in [0.1, 0.15) is 42.9 Å². The van der Waals surface area contributed by atoms with Gasteiger partial charge in [0.2, 0.25) is 5.92 Å². The van der Waals surface area contributed by atoms with E-state index in [-0.39, 0.29) is 30.6 Å². The molecule has 0 aliphatic heterocycles. The molecule has 1 aliphatic carbocycles. The molecule has 1 fully saturated rings. The Morgan fingerprint density at radius 3 is 2.42 bits per heavy atom. The molecule has 4 heteroatoms. The second-order valence-electron chi connectivity index (χ2n) is 5.47. The average Bonchev–Trinajstić information content (AvgIpc) is 2.36. The quantitative estimate of drug-likeness (QED) is 0.868. The molecule has 0 radical (unpaired) electrons. The minimum absolute atomic E-state index is 0.0235. The van der Waals surface area contributed by atoms with Crippen molar-refractivity contribution in [1.29, 1.82) is 0 Å². The van der Waals surface area contributed by atoms with Crippen LogP contribution < -0.4 is 5.32 Å². The normalized spacial score (nSPS) is 21.3. The first kappa shape index (κ1) is 14.4. The van der Waals surface area contributed by atoms with E-state index in [9.17, 15) is 13.2 Å². The lowest BCUT2D eigenvalue weighted by atomic mass is 9.79. The van der Waals surface area contributed by atoms with Crippen LogP contribution in [0.3, 0.4) is 0 Å². The highest BCUT2D eigenvalue weighted by atomic mass is 19.3. The second kappa shape index (κ2) is 5.53. The maximum absolute atomic E-state index is 13.3. The number of nitrogens with one attached hydrogen (secondary N) is 1. The van der Waals surface area contributed by atoms with Crippen molar-refractivity contribution in [3.8, 4) is 0 Å². The summed E-state index contributed by atoms with van der Waals surface area (Å²) in [5, 5.41) is 3.19. The zero-order valence-electron chi connectivity index (χ0n) is 11.3. The van der Waals surface area contributed by atoms with Gasteiger partial charge in [0.25, 0.3) is 0 Å². The van der Waals surface area contributed by atoms with Gasteiger partial charge in [-0.15, -0.1) is 0 Å². The molecule has 0 aromatic heterocycles. The number of hydrogen-bond acceptors (Lipinski definition) is 1. The SMILES string of the molecule is CNC(c1ccc(F)c(C)c1)C1CCC(F)(F)CC1. The summed E-state index contributed by atoms with van der Waals surface area (Å²) in [4.78, 5) is 0. The van der Waals surface area contributed by atoms with Crippen molar-refractivity contribution in [1.82, 2.24) is 5.32 Å². The number of halogens is 3. The molecule has 1 aliphatic rings. The summed E-state index contributed by atoms with van der Waals surface area (Å²) < 4.78 is 39.7. The van der Waals surface area contributed by atoms with Gasteiger partial charge in [0.1, 0.15) is 5.82 Å². The van der Waals surface area contributed by atoms with E-state index in [4.69, 9.17) is 0 Å². The van der Waals surface area contributed by atoms with Crippen LogP contribution in [-0.2, 0) is 0 Å². The summed E-state index contributed by atoms with van der Waals surface area (Å²) in [7, 11) is 1.83. The van der Waals surface area contributed by atoms with E-state index >= 15 is 0 Å². The lowest BCUT2D eigenvalue weighted by molar-refractivity contribution is -0.0495. The second-order valence-corrected chi connectivity index (χ2v) is 5.47. The topological polar surface area (TPSA) is 12.0 Å². The maximum atomic E-state index is 13.3. The van der Waals surface area contributed by atoms with Gasteiger partial charge in [0.05, 0.1) is 0 Å². The first-order chi connectivity index (χ1) is 8.93. The fourth-order valence-corrected chi connectivity index (χ4v) is 2.93. The van der Waals surface area contributed by atoms with Crippen LogP contribution in [0.5, 0.6) is 0 Å². The van der Waals surface area contributed by atoms with Gasteiger partial charge in [-0.25, -0.2) is 13.2 Å². The molecule has 0 heterocycles. The lowest BCUT2D eigenvalue weighted by Gasteiger charge is -2.34. The molecule has 1 saturated carbocycles. The largest absolute Gasteiger partial charge is 0.313 e. The predicted octanol–water partition coefficient (Wildman–Crippen LogP) is 4.22. The Labute approximate surface area is 112 Å². The van der Waals surface area contributed by atoms with Crippen molar-refractivity contribution < 1.29 is 13.2 Å². The highest BCUT2D eigenvalue weighted by molar-refractivity contribution is 5.27. The maximum Gasteiger partial charge on any atom is 0.248 e. The number of hydrogen-bond donors (Lipinski definition) is 1. The van der Waals surface area contributed by atoms with Crippen molar-refractivity contribution in [3.63, 3.8) is 0 Å². The number of rotatable bonds is 3. The first-order valence-electron chi connectivity index (χ1n) is 6.74. The Hall–Kier alpha value is -1.03. The third-order valence-electron chi connectivity index (χ3n) is 4.09. The molecule has 1 aromatic carbocycles. The molecular weight excluding hydrogens is 251 g/mol. The Balaban J connectivity index is 2.14. The molecule has 2 rings (SSSR count). The van der Waals surface area contributed by atoms with E-state index in [0.29, 0.717) is 18.4 Å². The summed E-state index contributed by atoms with van der Waals surface area (Å²) >= 11 is 0. The van der Waals surface area contributed by atoms with E-state index in [1.54, 1.807) is 13.0 Å². The van der Waals surface area contributed by atoms with Gasteiger partial charge in [-0.1, -0.05) is 12.1 Å². The van der Waals surface area contributed by atoms with Crippen molar-refractivity contribution in [2.24, 2.45) is 5.92 Å². The minimum Gasteiger partial charge on any atom is -0.313 e. The predicted molar refractivity (Wildman–Crippen MR) is 69.8 cm³/mol. The molecule has 0 saturated heterocycles. The fourth-order valence-electron chi connectivity index (χ4n) is 2.93. The molecule has 1 unspecified atom stereocenters. The minimum atomic E-state index is -2.51. The zero-order chi connectivity index (χ0) is 14.0. The lowest BCUT2D eigenvalue weighted by Crippen LogP contribution is -2.32. The van der Waals surface area contributed by atoms with Gasteiger partial charge in [0, 0.05) is 18.9 Å². The van der Waals surface area contributed by atoms with Crippen LogP contribution in [0.2, 0.25) is 0 Å². The monoisotopic (exact) mass is 271 g/mol. The van der Waals surface area contributed by atoms with E-state index in [1.807, 2.05) is 13.1 Å². The third kappa shape index (κ3) is 3.30. The van der Waals surface area contributed by atoms with Crippen LogP contribution >= 0.6 is 0 Å². The fraction of sp³-hybridized carbons (Fsp3) is 0.600. The van der Waals surface area contributed by atoms with E-state index in [2.05, 4.69) is 5.32 Å².